The lowest BCUT2D eigenvalue weighted by Crippen LogP contribution is -2.26. The van der Waals surface area contributed by atoms with Crippen LogP contribution in [0.5, 0.6) is 0 Å². The Bertz CT molecular complexity index is 510. The summed E-state index contributed by atoms with van der Waals surface area (Å²) in [5.74, 6) is 1.14. The van der Waals surface area contributed by atoms with Crippen LogP contribution in [0.3, 0.4) is 0 Å². The second-order valence-corrected chi connectivity index (χ2v) is 7.06. The van der Waals surface area contributed by atoms with Gasteiger partial charge in [-0.1, -0.05) is 19.1 Å². The zero-order valence-corrected chi connectivity index (χ0v) is 12.0. The smallest absolute Gasteiger partial charge is 0.240 e. The molecule has 0 aromatic heterocycles. The fraction of sp³-hybridized carbons (Fsp3) is 0.571. The van der Waals surface area contributed by atoms with Gasteiger partial charge in [0.05, 0.1) is 4.90 Å². The van der Waals surface area contributed by atoms with Crippen LogP contribution in [0.2, 0.25) is 0 Å². The van der Waals surface area contributed by atoms with Gasteiger partial charge in [-0.15, -0.1) is 0 Å². The number of hydrogen-bond donors (Lipinski definition) is 2. The molecule has 0 amide bonds. The van der Waals surface area contributed by atoms with Crippen LogP contribution in [0.4, 0.5) is 0 Å². The average molecular weight is 283 g/mol. The summed E-state index contributed by atoms with van der Waals surface area (Å²) in [6, 6.07) is 6.88. The number of benzene rings is 1. The van der Waals surface area contributed by atoms with Crippen molar-refractivity contribution >= 4 is 10.0 Å². The Hall–Kier alpha value is -0.910. The lowest BCUT2D eigenvalue weighted by Gasteiger charge is -2.07. The zero-order chi connectivity index (χ0) is 13.9. The molecule has 0 spiro atoms. The van der Waals surface area contributed by atoms with Crippen molar-refractivity contribution in [3.63, 3.8) is 0 Å². The number of sulfonamides is 1. The highest BCUT2D eigenvalue weighted by Crippen LogP contribution is 2.37. The summed E-state index contributed by atoms with van der Waals surface area (Å²) in [5.41, 5.74) is 1.05. The van der Waals surface area contributed by atoms with Gasteiger partial charge in [0.15, 0.2) is 0 Å². The van der Waals surface area contributed by atoms with E-state index in [4.69, 9.17) is 5.11 Å². The molecule has 2 N–H and O–H groups in total. The van der Waals surface area contributed by atoms with Gasteiger partial charge in [0.25, 0.3) is 0 Å². The van der Waals surface area contributed by atoms with Gasteiger partial charge in [0.1, 0.15) is 0 Å². The lowest BCUT2D eigenvalue weighted by atomic mass is 10.1. The normalized spacial score (nSPS) is 22.4. The summed E-state index contributed by atoms with van der Waals surface area (Å²) in [4.78, 5) is 0.313. The van der Waals surface area contributed by atoms with Crippen LogP contribution in [-0.4, -0.2) is 26.7 Å². The highest BCUT2D eigenvalue weighted by Gasteiger charge is 2.33. The minimum absolute atomic E-state index is 0.154. The summed E-state index contributed by atoms with van der Waals surface area (Å²) in [6.07, 6.45) is 2.58. The molecule has 106 valence electrons. The van der Waals surface area contributed by atoms with Crippen molar-refractivity contribution in [1.82, 2.24) is 4.72 Å². The van der Waals surface area contributed by atoms with Gasteiger partial charge < -0.3 is 5.11 Å². The third kappa shape index (κ3) is 4.03. The standard InChI is InChI=1S/C14H21NO3S/c1-11-9-13(11)10-15-19(17,18)14-6-4-12(5-7-14)3-2-8-16/h4-7,11,13,15-16H,2-3,8-10H2,1H3. The Morgan fingerprint density at radius 3 is 2.47 bits per heavy atom. The molecule has 2 atom stereocenters. The number of nitrogens with one attached hydrogen (secondary N) is 1. The molecule has 1 saturated carbocycles. The van der Waals surface area contributed by atoms with Crippen molar-refractivity contribution in [2.24, 2.45) is 11.8 Å². The molecule has 2 unspecified atom stereocenters. The molecule has 1 fully saturated rings. The molecule has 5 heteroatoms. The molecular formula is C14H21NO3S. The molecule has 1 aromatic carbocycles. The third-order valence-corrected chi connectivity index (χ3v) is 5.11. The van der Waals surface area contributed by atoms with Crippen molar-refractivity contribution in [1.29, 1.82) is 0 Å². The molecule has 0 saturated heterocycles. The van der Waals surface area contributed by atoms with Crippen molar-refractivity contribution in [3.05, 3.63) is 29.8 Å². The predicted molar refractivity (Wildman–Crippen MR) is 74.3 cm³/mol. The first-order valence-corrected chi connectivity index (χ1v) is 8.20. The largest absolute Gasteiger partial charge is 0.396 e. The van der Waals surface area contributed by atoms with Crippen LogP contribution in [-0.2, 0) is 16.4 Å². The van der Waals surface area contributed by atoms with Crippen LogP contribution in [0, 0.1) is 11.8 Å². The quantitative estimate of drug-likeness (QED) is 0.798. The maximum atomic E-state index is 12.0. The average Bonchev–Trinajstić information content (AvgIpc) is 3.11. The predicted octanol–water partition coefficient (Wildman–Crippen LogP) is 1.55. The van der Waals surface area contributed by atoms with E-state index in [1.165, 1.54) is 0 Å². The topological polar surface area (TPSA) is 66.4 Å². The Kier molecular flexibility index (Phi) is 4.60. The van der Waals surface area contributed by atoms with Crippen molar-refractivity contribution in [2.75, 3.05) is 13.2 Å². The van der Waals surface area contributed by atoms with E-state index in [2.05, 4.69) is 11.6 Å². The zero-order valence-electron chi connectivity index (χ0n) is 11.2. The van der Waals surface area contributed by atoms with E-state index in [1.807, 2.05) is 12.1 Å². The van der Waals surface area contributed by atoms with E-state index in [0.29, 0.717) is 29.7 Å². The van der Waals surface area contributed by atoms with Crippen LogP contribution in [0.15, 0.2) is 29.2 Å². The monoisotopic (exact) mass is 283 g/mol. The van der Waals surface area contributed by atoms with Crippen molar-refractivity contribution in [2.45, 2.75) is 31.1 Å². The van der Waals surface area contributed by atoms with Gasteiger partial charge in [-0.25, -0.2) is 13.1 Å². The first-order valence-electron chi connectivity index (χ1n) is 6.72. The molecule has 4 nitrogen and oxygen atoms in total. The fourth-order valence-corrected chi connectivity index (χ4v) is 3.20. The molecule has 1 aromatic rings. The molecule has 0 heterocycles. The van der Waals surface area contributed by atoms with Gasteiger partial charge in [0.2, 0.25) is 10.0 Å². The van der Waals surface area contributed by atoms with Crippen LogP contribution in [0.1, 0.15) is 25.3 Å². The van der Waals surface area contributed by atoms with Gasteiger partial charge in [0, 0.05) is 13.2 Å². The Labute approximate surface area is 114 Å². The summed E-state index contributed by atoms with van der Waals surface area (Å²) >= 11 is 0. The first kappa shape index (κ1) is 14.5. The molecule has 0 aliphatic heterocycles. The van der Waals surface area contributed by atoms with Crippen LogP contribution < -0.4 is 4.72 Å². The van der Waals surface area contributed by atoms with E-state index in [0.717, 1.165) is 18.4 Å². The number of rotatable bonds is 7. The fourth-order valence-electron chi connectivity index (χ4n) is 2.10. The van der Waals surface area contributed by atoms with Gasteiger partial charge in [-0.3, -0.25) is 0 Å². The van der Waals surface area contributed by atoms with Crippen molar-refractivity contribution in [3.8, 4) is 0 Å². The molecule has 0 bridgehead atoms. The Morgan fingerprint density at radius 1 is 1.32 bits per heavy atom. The second-order valence-electron chi connectivity index (χ2n) is 5.30. The highest BCUT2D eigenvalue weighted by atomic mass is 32.2. The third-order valence-electron chi connectivity index (χ3n) is 3.67. The Morgan fingerprint density at radius 2 is 1.95 bits per heavy atom. The van der Waals surface area contributed by atoms with E-state index in [1.54, 1.807) is 12.1 Å². The van der Waals surface area contributed by atoms with E-state index < -0.39 is 10.0 Å². The van der Waals surface area contributed by atoms with Gasteiger partial charge >= 0.3 is 0 Å². The van der Waals surface area contributed by atoms with Crippen LogP contribution >= 0.6 is 0 Å². The Balaban J connectivity index is 1.95. The summed E-state index contributed by atoms with van der Waals surface area (Å²) in [6.45, 7) is 2.83. The number of hydrogen-bond acceptors (Lipinski definition) is 3. The summed E-state index contributed by atoms with van der Waals surface area (Å²) in [7, 11) is -3.38. The van der Waals surface area contributed by atoms with Gasteiger partial charge in [-0.05, 0) is 48.8 Å². The number of aliphatic hydroxyl groups is 1. The first-order chi connectivity index (χ1) is 9.03. The molecule has 1 aliphatic carbocycles. The molecule has 0 radical (unpaired) electrons. The maximum absolute atomic E-state index is 12.0. The summed E-state index contributed by atoms with van der Waals surface area (Å²) in [5, 5.41) is 8.75. The minimum atomic E-state index is -3.38. The van der Waals surface area contributed by atoms with E-state index in [9.17, 15) is 8.42 Å². The molecule has 1 aliphatic rings. The maximum Gasteiger partial charge on any atom is 0.240 e. The second kappa shape index (κ2) is 6.03. The van der Waals surface area contributed by atoms with Gasteiger partial charge in [-0.2, -0.15) is 0 Å². The van der Waals surface area contributed by atoms with Crippen LogP contribution in [0.25, 0.3) is 0 Å². The van der Waals surface area contributed by atoms with Crippen molar-refractivity contribution < 1.29 is 13.5 Å². The lowest BCUT2D eigenvalue weighted by molar-refractivity contribution is 0.288. The van der Waals surface area contributed by atoms with E-state index >= 15 is 0 Å². The number of aryl methyl sites for hydroxylation is 1. The number of aliphatic hydroxyl groups excluding tert-OH is 1. The molecule has 2 rings (SSSR count). The highest BCUT2D eigenvalue weighted by molar-refractivity contribution is 7.89. The molecule has 19 heavy (non-hydrogen) atoms. The minimum Gasteiger partial charge on any atom is -0.396 e. The SMILES string of the molecule is CC1CC1CNS(=O)(=O)c1ccc(CCCO)cc1. The molecular weight excluding hydrogens is 262 g/mol. The summed E-state index contributed by atoms with van der Waals surface area (Å²) < 4.78 is 26.8. The van der Waals surface area contributed by atoms with E-state index in [-0.39, 0.29) is 6.61 Å².